The minimum absolute atomic E-state index is 0.0255. The predicted molar refractivity (Wildman–Crippen MR) is 165 cm³/mol. The molecule has 1 amide bonds. The summed E-state index contributed by atoms with van der Waals surface area (Å²) in [6.45, 7) is 12.7. The van der Waals surface area contributed by atoms with E-state index in [1.807, 2.05) is 24.3 Å². The number of hydrogen-bond acceptors (Lipinski definition) is 7. The summed E-state index contributed by atoms with van der Waals surface area (Å²) in [7, 11) is 0. The zero-order valence-electron chi connectivity index (χ0n) is 27.6. The van der Waals surface area contributed by atoms with E-state index in [-0.39, 0.29) is 17.9 Å². The number of ketones is 1. The standard InChI is InChI=1S/C34H39F4N3O6/c1-18-13-21(14-20-11-9-10-12-22(20)33(3,4)5)32(45)41(40-18)19(2)31(44)39-25(16-27(43)47-34(6,7)8)26(42)17-46-30-28(37)23(35)15-24(36)29(30)38/h9-13,15,19,25H,14,16-17H2,1-8H3,(H,39,44). The molecule has 254 valence electrons. The number of benzene rings is 2. The number of nitrogens with zero attached hydrogens (tertiary/aromatic N) is 2. The van der Waals surface area contributed by atoms with Gasteiger partial charge < -0.3 is 14.8 Å². The highest BCUT2D eigenvalue weighted by Crippen LogP contribution is 2.28. The summed E-state index contributed by atoms with van der Waals surface area (Å²) >= 11 is 0. The zero-order valence-corrected chi connectivity index (χ0v) is 27.6. The number of rotatable bonds is 11. The number of nitrogens with one attached hydrogen (secondary N) is 1. The summed E-state index contributed by atoms with van der Waals surface area (Å²) in [5.41, 5.74) is 1.04. The molecule has 2 aromatic carbocycles. The maximum Gasteiger partial charge on any atom is 0.308 e. The van der Waals surface area contributed by atoms with Crippen molar-refractivity contribution in [2.24, 2.45) is 0 Å². The van der Waals surface area contributed by atoms with Crippen molar-refractivity contribution in [1.82, 2.24) is 15.1 Å². The average molecular weight is 662 g/mol. The molecule has 0 radical (unpaired) electrons. The molecule has 3 aromatic rings. The van der Waals surface area contributed by atoms with Crippen molar-refractivity contribution < 1.29 is 41.4 Å². The van der Waals surface area contributed by atoms with Gasteiger partial charge in [-0.05, 0) is 57.2 Å². The van der Waals surface area contributed by atoms with Gasteiger partial charge in [0.15, 0.2) is 23.2 Å². The Balaban J connectivity index is 1.90. The molecule has 2 atom stereocenters. The van der Waals surface area contributed by atoms with Crippen LogP contribution in [0, 0.1) is 30.2 Å². The Labute approximate surface area is 270 Å². The topological polar surface area (TPSA) is 117 Å². The van der Waals surface area contributed by atoms with Crippen LogP contribution in [0.25, 0.3) is 0 Å². The van der Waals surface area contributed by atoms with Crippen LogP contribution in [0.2, 0.25) is 0 Å². The molecule has 47 heavy (non-hydrogen) atoms. The number of aryl methyl sites for hydroxylation is 1. The van der Waals surface area contributed by atoms with E-state index in [0.717, 1.165) is 15.8 Å². The van der Waals surface area contributed by atoms with Gasteiger partial charge in [0, 0.05) is 18.1 Å². The molecule has 0 spiro atoms. The van der Waals surface area contributed by atoms with E-state index < -0.39 is 82.9 Å². The maximum atomic E-state index is 14.1. The highest BCUT2D eigenvalue weighted by Gasteiger charge is 2.31. The minimum Gasteiger partial charge on any atom is -0.479 e. The fourth-order valence-corrected chi connectivity index (χ4v) is 4.83. The summed E-state index contributed by atoms with van der Waals surface area (Å²) in [6, 6.07) is 6.31. The predicted octanol–water partition coefficient (Wildman–Crippen LogP) is 5.42. The first kappa shape index (κ1) is 36.9. The number of Topliss-reactive ketones (excluding diaryl/α,β-unsaturated/α-hetero) is 1. The molecule has 1 heterocycles. The molecule has 0 fully saturated rings. The van der Waals surface area contributed by atoms with Gasteiger partial charge in [-0.2, -0.15) is 13.9 Å². The fraction of sp³-hybridized carbons (Fsp3) is 0.441. The van der Waals surface area contributed by atoms with Crippen LogP contribution in [-0.2, 0) is 31.0 Å². The number of carbonyl (C=O) groups excluding carboxylic acids is 3. The smallest absolute Gasteiger partial charge is 0.308 e. The summed E-state index contributed by atoms with van der Waals surface area (Å²) in [6.07, 6.45) is -0.472. The lowest BCUT2D eigenvalue weighted by molar-refractivity contribution is -0.156. The summed E-state index contributed by atoms with van der Waals surface area (Å²) in [5.74, 6) is -11.6. The van der Waals surface area contributed by atoms with E-state index in [4.69, 9.17) is 9.47 Å². The largest absolute Gasteiger partial charge is 0.479 e. The van der Waals surface area contributed by atoms with Crippen molar-refractivity contribution in [3.8, 4) is 5.75 Å². The Kier molecular flexibility index (Phi) is 11.4. The lowest BCUT2D eigenvalue weighted by Crippen LogP contribution is -2.48. The Morgan fingerprint density at radius 1 is 0.936 bits per heavy atom. The maximum absolute atomic E-state index is 14.1. The normalized spacial score (nSPS) is 13.1. The van der Waals surface area contributed by atoms with Gasteiger partial charge in [-0.3, -0.25) is 19.2 Å². The molecular formula is C34H39F4N3O6. The zero-order chi connectivity index (χ0) is 35.4. The lowest BCUT2D eigenvalue weighted by Gasteiger charge is -2.24. The first-order chi connectivity index (χ1) is 21.7. The van der Waals surface area contributed by atoms with Crippen molar-refractivity contribution in [3.05, 3.63) is 92.4 Å². The number of amides is 1. The Hall–Kier alpha value is -4.55. The Morgan fingerprint density at radius 3 is 2.11 bits per heavy atom. The Bertz CT molecular complexity index is 1700. The third-order valence-electron chi connectivity index (χ3n) is 7.01. The van der Waals surface area contributed by atoms with Gasteiger partial charge >= 0.3 is 5.97 Å². The highest BCUT2D eigenvalue weighted by molar-refractivity contribution is 5.93. The molecule has 1 aromatic heterocycles. The van der Waals surface area contributed by atoms with Crippen molar-refractivity contribution in [1.29, 1.82) is 0 Å². The summed E-state index contributed by atoms with van der Waals surface area (Å²) in [4.78, 5) is 52.8. The molecule has 0 aliphatic rings. The van der Waals surface area contributed by atoms with Gasteiger partial charge in [0.1, 0.15) is 24.3 Å². The second kappa shape index (κ2) is 14.5. The molecule has 0 aliphatic carbocycles. The molecule has 0 saturated carbocycles. The lowest BCUT2D eigenvalue weighted by atomic mass is 9.82. The van der Waals surface area contributed by atoms with Crippen LogP contribution in [0.1, 0.15) is 83.3 Å². The number of aromatic nitrogens is 2. The highest BCUT2D eigenvalue weighted by atomic mass is 19.2. The number of halogens is 4. The molecule has 9 nitrogen and oxygen atoms in total. The molecule has 0 aliphatic heterocycles. The van der Waals surface area contributed by atoms with E-state index in [9.17, 15) is 36.7 Å². The second-order valence-corrected chi connectivity index (χ2v) is 13.2. The molecule has 3 rings (SSSR count). The van der Waals surface area contributed by atoms with Crippen molar-refractivity contribution in [2.45, 2.75) is 91.3 Å². The van der Waals surface area contributed by atoms with Gasteiger partial charge in [-0.25, -0.2) is 13.5 Å². The molecule has 1 N–H and O–H groups in total. The van der Waals surface area contributed by atoms with Crippen LogP contribution < -0.4 is 15.6 Å². The SMILES string of the molecule is Cc1cc(Cc2ccccc2C(C)(C)C)c(=O)n(C(C)C(=O)NC(CC(=O)OC(C)(C)C)C(=O)COc2c(F)c(F)cc(F)c2F)n1. The quantitative estimate of drug-likeness (QED) is 0.166. The first-order valence-electron chi connectivity index (χ1n) is 14.9. The molecule has 0 saturated heterocycles. The van der Waals surface area contributed by atoms with Crippen LogP contribution in [0.4, 0.5) is 17.6 Å². The van der Waals surface area contributed by atoms with E-state index >= 15 is 0 Å². The number of hydrogen-bond donors (Lipinski definition) is 1. The summed E-state index contributed by atoms with van der Waals surface area (Å²) < 4.78 is 66.5. The Morgan fingerprint density at radius 2 is 1.53 bits per heavy atom. The van der Waals surface area contributed by atoms with Crippen molar-refractivity contribution in [3.63, 3.8) is 0 Å². The van der Waals surface area contributed by atoms with Gasteiger partial charge in [-0.1, -0.05) is 45.0 Å². The van der Waals surface area contributed by atoms with Crippen LogP contribution in [0.3, 0.4) is 0 Å². The van der Waals surface area contributed by atoms with Crippen LogP contribution >= 0.6 is 0 Å². The van der Waals surface area contributed by atoms with Crippen LogP contribution in [0.15, 0.2) is 41.2 Å². The van der Waals surface area contributed by atoms with Crippen LogP contribution in [0.5, 0.6) is 5.75 Å². The van der Waals surface area contributed by atoms with E-state index in [2.05, 4.69) is 31.2 Å². The molecule has 0 bridgehead atoms. The van der Waals surface area contributed by atoms with Crippen molar-refractivity contribution >= 4 is 17.7 Å². The minimum atomic E-state index is -1.87. The number of ether oxygens (including phenoxy) is 2. The average Bonchev–Trinajstić information content (AvgIpc) is 2.95. The van der Waals surface area contributed by atoms with Crippen molar-refractivity contribution in [2.75, 3.05) is 6.61 Å². The van der Waals surface area contributed by atoms with Gasteiger partial charge in [-0.15, -0.1) is 0 Å². The third kappa shape index (κ3) is 9.49. The number of carbonyl (C=O) groups is 3. The third-order valence-corrected chi connectivity index (χ3v) is 7.01. The summed E-state index contributed by atoms with van der Waals surface area (Å²) in [5, 5.41) is 6.59. The first-order valence-corrected chi connectivity index (χ1v) is 14.9. The van der Waals surface area contributed by atoms with E-state index in [1.54, 1.807) is 33.8 Å². The van der Waals surface area contributed by atoms with Crippen LogP contribution in [-0.4, -0.2) is 45.7 Å². The monoisotopic (exact) mass is 661 g/mol. The molecular weight excluding hydrogens is 622 g/mol. The van der Waals surface area contributed by atoms with E-state index in [1.165, 1.54) is 6.92 Å². The second-order valence-electron chi connectivity index (χ2n) is 13.2. The molecule has 2 unspecified atom stereocenters. The van der Waals surface area contributed by atoms with Gasteiger partial charge in [0.2, 0.25) is 17.5 Å². The van der Waals surface area contributed by atoms with Gasteiger partial charge in [0.05, 0.1) is 12.1 Å². The molecule has 13 heteroatoms. The van der Waals surface area contributed by atoms with Gasteiger partial charge in [0.25, 0.3) is 5.56 Å². The fourth-order valence-electron chi connectivity index (χ4n) is 4.83. The number of esters is 1. The van der Waals surface area contributed by atoms with E-state index in [0.29, 0.717) is 11.3 Å².